The molecule has 0 aromatic heterocycles. The van der Waals surface area contributed by atoms with E-state index in [1.807, 2.05) is 0 Å². The summed E-state index contributed by atoms with van der Waals surface area (Å²) in [6.07, 6.45) is 0. The van der Waals surface area contributed by atoms with Crippen LogP contribution < -0.4 is 0 Å². The Morgan fingerprint density at radius 1 is 1.75 bits per heavy atom. The van der Waals surface area contributed by atoms with Crippen LogP contribution in [-0.2, 0) is 14.1 Å². The van der Waals surface area contributed by atoms with Gasteiger partial charge in [0.25, 0.3) is 0 Å². The van der Waals surface area contributed by atoms with Gasteiger partial charge in [-0.15, -0.1) is 0 Å². The van der Waals surface area contributed by atoms with Crippen molar-refractivity contribution in [2.75, 3.05) is 0 Å². The van der Waals surface area contributed by atoms with E-state index >= 15 is 0 Å². The van der Waals surface area contributed by atoms with Crippen molar-refractivity contribution >= 4 is 10.1 Å². The van der Waals surface area contributed by atoms with Crippen molar-refractivity contribution in [1.82, 2.24) is 0 Å². The van der Waals surface area contributed by atoms with E-state index in [9.17, 15) is 0 Å². The van der Waals surface area contributed by atoms with E-state index in [0.717, 1.165) is 0 Å². The number of halogens is 1. The first-order valence-electron chi connectivity index (χ1n) is 0.275. The van der Waals surface area contributed by atoms with Crippen molar-refractivity contribution in [3.05, 3.63) is 0 Å². The Kier molecular flexibility index (Phi) is 20.4. The molecule has 0 heterocycles. The Morgan fingerprint density at radius 2 is 1.75 bits per heavy atom. The molecule has 0 aliphatic rings. The van der Waals surface area contributed by atoms with E-state index in [-0.39, 0.29) is 21.5 Å². The maximum atomic E-state index is 7.30. The molecule has 0 aromatic rings. The third kappa shape index (κ3) is 14.9. The summed E-state index contributed by atoms with van der Waals surface area (Å²) in [7, 11) is 4.52. The van der Waals surface area contributed by atoms with Crippen molar-refractivity contribution in [2.45, 2.75) is 7.43 Å². The molecule has 0 radical (unpaired) electrons. The molecule has 0 saturated carbocycles. The molecule has 0 saturated heterocycles. The summed E-state index contributed by atoms with van der Waals surface area (Å²) < 4.78 is 7.30. The van der Waals surface area contributed by atoms with Gasteiger partial charge < -0.3 is 0 Å². The van der Waals surface area contributed by atoms with Gasteiger partial charge in [0.05, 0.1) is 0 Å². The minimum absolute atomic E-state index is 0. The van der Waals surface area contributed by atoms with Gasteiger partial charge in [0.1, 0.15) is 0 Å². The van der Waals surface area contributed by atoms with Crippen molar-refractivity contribution in [2.24, 2.45) is 0 Å². The van der Waals surface area contributed by atoms with E-state index in [1.54, 1.807) is 0 Å². The Balaban J connectivity index is 0. The number of rotatable bonds is 0. The summed E-state index contributed by atoms with van der Waals surface area (Å²) in [6.45, 7) is 0. The molecule has 31 valence electrons. The predicted molar refractivity (Wildman–Crippen MR) is 14.8 cm³/mol. The monoisotopic (exact) mass is 127 g/mol. The van der Waals surface area contributed by atoms with Crippen LogP contribution in [0.1, 0.15) is 7.43 Å². The van der Waals surface area contributed by atoms with Gasteiger partial charge >= 0.3 is 28.5 Å². The third-order valence-electron chi connectivity index (χ3n) is 0. The Hall–Kier alpha value is 0.756. The summed E-state index contributed by atoms with van der Waals surface area (Å²) in [6, 6.07) is 0. The van der Waals surface area contributed by atoms with E-state index in [4.69, 9.17) is 4.22 Å². The van der Waals surface area contributed by atoms with Gasteiger partial charge in [-0.3, -0.25) is 0 Å². The van der Waals surface area contributed by atoms with Gasteiger partial charge in [-0.1, -0.05) is 7.43 Å². The summed E-state index contributed by atoms with van der Waals surface area (Å²) in [5, 5.41) is 0. The van der Waals surface area contributed by atoms with Gasteiger partial charge in [-0.2, -0.15) is 0 Å². The quantitative estimate of drug-likeness (QED) is 0.510. The van der Waals surface area contributed by atoms with Crippen LogP contribution in [0.15, 0.2) is 0 Å². The first-order valence-corrected chi connectivity index (χ1v) is 2.17. The summed E-state index contributed by atoms with van der Waals surface area (Å²) >= 11 is -0.0903. The van der Waals surface area contributed by atoms with Crippen LogP contribution in [0.5, 0.6) is 0 Å². The van der Waals surface area contributed by atoms with E-state index < -0.39 is 0 Å². The first kappa shape index (κ1) is 8.83. The van der Waals surface area contributed by atoms with Crippen LogP contribution in [0.2, 0.25) is 0 Å². The molecule has 0 aliphatic carbocycles. The van der Waals surface area contributed by atoms with Crippen LogP contribution >= 0.6 is 10.1 Å². The fourth-order valence-corrected chi connectivity index (χ4v) is 0. The Bertz CT molecular complexity index is 8.00. The van der Waals surface area contributed by atoms with Crippen LogP contribution in [0.3, 0.4) is 0 Å². The molecule has 0 spiro atoms. The van der Waals surface area contributed by atoms with Crippen LogP contribution in [0.25, 0.3) is 0 Å². The summed E-state index contributed by atoms with van der Waals surface area (Å²) in [4.78, 5) is 0. The van der Waals surface area contributed by atoms with Crippen molar-refractivity contribution in [3.8, 4) is 0 Å². The molecule has 0 fully saturated rings. The van der Waals surface area contributed by atoms with E-state index in [2.05, 4.69) is 10.1 Å². The average molecular weight is 127 g/mol. The number of hydrogen-bond donors (Lipinski definition) is 1. The second-order valence-electron chi connectivity index (χ2n) is 0.0563. The molecule has 0 atom stereocenters. The zero-order valence-electron chi connectivity index (χ0n) is 1.16. The topological polar surface area (TPSA) is 20.2 Å². The maximum absolute atomic E-state index is 7.30. The average Bonchev–Trinajstić information content (AvgIpc) is 0.918. The zero-order chi connectivity index (χ0) is 2.71. The normalized spacial score (nSPS) is 5.50. The molecule has 0 unspecified atom stereocenters. The van der Waals surface area contributed by atoms with E-state index in [1.165, 1.54) is 0 Å². The molecule has 0 aromatic carbocycles. The minimum atomic E-state index is -0.0903. The molecule has 0 aliphatic heterocycles. The molecular weight excluding hydrogens is 122 g/mol. The first-order chi connectivity index (χ1) is 1.41. The molecule has 0 rings (SSSR count). The standard InChI is InChI=1S/CH4.ClH.Co.H2O/h1H4;1H;;1H2/q;;+2;/p-2. The molecule has 4 heavy (non-hydrogen) atoms. The molecule has 0 bridgehead atoms. The Morgan fingerprint density at radius 3 is 1.75 bits per heavy atom. The molecule has 0 amide bonds. The van der Waals surface area contributed by atoms with Crippen LogP contribution in [0, 0.1) is 0 Å². The van der Waals surface area contributed by atoms with Gasteiger partial charge in [0.2, 0.25) is 0 Å². The fourth-order valence-electron chi connectivity index (χ4n) is 0. The third-order valence-corrected chi connectivity index (χ3v) is 0. The van der Waals surface area contributed by atoms with Crippen LogP contribution in [0.4, 0.5) is 0 Å². The van der Waals surface area contributed by atoms with Crippen LogP contribution in [-0.4, -0.2) is 4.22 Å². The van der Waals surface area contributed by atoms with E-state index in [0.29, 0.717) is 0 Å². The van der Waals surface area contributed by atoms with Gasteiger partial charge in [0, 0.05) is 0 Å². The van der Waals surface area contributed by atoms with Gasteiger partial charge in [-0.05, 0) is 0 Å². The summed E-state index contributed by atoms with van der Waals surface area (Å²) in [5.74, 6) is 0. The van der Waals surface area contributed by atoms with Crippen molar-refractivity contribution < 1.29 is 18.3 Å². The van der Waals surface area contributed by atoms with Crippen molar-refractivity contribution in [3.63, 3.8) is 0 Å². The second-order valence-corrected chi connectivity index (χ2v) is 0.697. The zero-order valence-corrected chi connectivity index (χ0v) is 2.96. The molecular formula is CH5ClCoO. The SMILES string of the molecule is C.[OH][Co][Cl]. The Labute approximate surface area is 36.5 Å². The molecule has 1 nitrogen and oxygen atoms in total. The molecule has 3 heteroatoms. The summed E-state index contributed by atoms with van der Waals surface area (Å²) in [5.41, 5.74) is 0. The number of hydrogen-bond acceptors (Lipinski definition) is 1. The van der Waals surface area contributed by atoms with Gasteiger partial charge in [0.15, 0.2) is 0 Å². The fraction of sp³-hybridized carbons (Fsp3) is 1.00. The van der Waals surface area contributed by atoms with Gasteiger partial charge in [-0.25, -0.2) is 0 Å². The predicted octanol–water partition coefficient (Wildman–Crippen LogP) is 0.766. The second kappa shape index (κ2) is 9.25. The molecule has 1 N–H and O–H groups in total. The van der Waals surface area contributed by atoms with Crippen molar-refractivity contribution in [1.29, 1.82) is 0 Å².